The van der Waals surface area contributed by atoms with Gasteiger partial charge in [-0.2, -0.15) is 13.2 Å². The number of ether oxygens (including phenoxy) is 1. The molecule has 166 valence electrons. The Labute approximate surface area is 175 Å². The highest BCUT2D eigenvalue weighted by atomic mass is 32.2. The van der Waals surface area contributed by atoms with Gasteiger partial charge in [-0.3, -0.25) is 9.52 Å². The number of nitrogens with one attached hydrogen (secondary N) is 2. The minimum atomic E-state index is -4.25. The van der Waals surface area contributed by atoms with Crippen molar-refractivity contribution in [1.82, 2.24) is 10.0 Å². The molecule has 7 atom stereocenters. The maximum atomic E-state index is 13.7. The molecular formula is C20H33F3N3O2S+. The molecule has 1 aliphatic carbocycles. The van der Waals surface area contributed by atoms with E-state index < -0.39 is 18.3 Å². The fourth-order valence-electron chi connectivity index (χ4n) is 5.52. The highest BCUT2D eigenvalue weighted by molar-refractivity contribution is 7.99. The second-order valence-electron chi connectivity index (χ2n) is 9.53. The van der Waals surface area contributed by atoms with Crippen LogP contribution in [0.5, 0.6) is 0 Å². The summed E-state index contributed by atoms with van der Waals surface area (Å²) in [6, 6.07) is -1.55. The first-order valence-electron chi connectivity index (χ1n) is 10.9. The molecule has 0 aromatic rings. The highest BCUT2D eigenvalue weighted by Crippen LogP contribution is 2.49. The van der Waals surface area contributed by atoms with Crippen LogP contribution in [0.25, 0.3) is 0 Å². The van der Waals surface area contributed by atoms with Crippen molar-refractivity contribution in [2.24, 2.45) is 17.8 Å². The Morgan fingerprint density at radius 3 is 2.59 bits per heavy atom. The van der Waals surface area contributed by atoms with Gasteiger partial charge >= 0.3 is 6.18 Å². The van der Waals surface area contributed by atoms with Crippen LogP contribution < -0.4 is 10.0 Å². The zero-order valence-corrected chi connectivity index (χ0v) is 18.0. The Kier molecular flexibility index (Phi) is 6.14. The number of quaternary nitrogens is 1. The van der Waals surface area contributed by atoms with Gasteiger partial charge in [-0.25, -0.2) is 0 Å². The van der Waals surface area contributed by atoms with E-state index in [1.807, 2.05) is 6.92 Å². The third-order valence-electron chi connectivity index (χ3n) is 7.69. The summed E-state index contributed by atoms with van der Waals surface area (Å²) >= 11 is 1.48. The summed E-state index contributed by atoms with van der Waals surface area (Å²) in [7, 11) is 1.68. The molecule has 4 rings (SSSR count). The highest BCUT2D eigenvalue weighted by Gasteiger charge is 2.56. The van der Waals surface area contributed by atoms with Crippen molar-refractivity contribution >= 4 is 17.9 Å². The minimum Gasteiger partial charge on any atom is -0.381 e. The van der Waals surface area contributed by atoms with Crippen molar-refractivity contribution in [3.05, 3.63) is 0 Å². The monoisotopic (exact) mass is 436 g/mol. The predicted molar refractivity (Wildman–Crippen MR) is 106 cm³/mol. The molecule has 5 nitrogen and oxygen atoms in total. The van der Waals surface area contributed by atoms with E-state index in [-0.39, 0.29) is 34.0 Å². The average molecular weight is 437 g/mol. The summed E-state index contributed by atoms with van der Waals surface area (Å²) in [5, 5.41) is 2.79. The van der Waals surface area contributed by atoms with Gasteiger partial charge in [0.25, 0.3) is 0 Å². The molecule has 0 spiro atoms. The quantitative estimate of drug-likeness (QED) is 0.514. The van der Waals surface area contributed by atoms with Gasteiger partial charge in [0, 0.05) is 43.4 Å². The average Bonchev–Trinajstić information content (AvgIpc) is 3.18. The van der Waals surface area contributed by atoms with Crippen molar-refractivity contribution < 1.29 is 27.2 Å². The second-order valence-corrected chi connectivity index (χ2v) is 10.5. The number of likely N-dealkylation sites (tertiary alicyclic amines) is 1. The number of carbonyl (C=O) groups excluding carboxylic acids is 1. The number of alkyl halides is 3. The molecule has 0 bridgehead atoms. The number of carbonyl (C=O) groups is 1. The molecule has 2 N–H and O–H groups in total. The second kappa shape index (κ2) is 8.20. The normalized spacial score (nSPS) is 43.5. The van der Waals surface area contributed by atoms with Crippen molar-refractivity contribution in [3.63, 3.8) is 0 Å². The number of hydrogen-bond acceptors (Lipinski definition) is 4. The summed E-state index contributed by atoms with van der Waals surface area (Å²) in [4.78, 5) is 13.1. The zero-order chi connectivity index (χ0) is 20.8. The maximum Gasteiger partial charge on any atom is 0.441 e. The third kappa shape index (κ3) is 4.43. The predicted octanol–water partition coefficient (Wildman–Crippen LogP) is 2.71. The van der Waals surface area contributed by atoms with Crippen LogP contribution in [0.1, 0.15) is 39.0 Å². The van der Waals surface area contributed by atoms with E-state index in [9.17, 15) is 18.0 Å². The summed E-state index contributed by atoms with van der Waals surface area (Å²) < 4.78 is 50.1. The van der Waals surface area contributed by atoms with Gasteiger partial charge in [0.15, 0.2) is 6.04 Å². The number of piperidine rings is 1. The van der Waals surface area contributed by atoms with Crippen LogP contribution in [0.4, 0.5) is 13.2 Å². The fourth-order valence-corrected chi connectivity index (χ4v) is 6.90. The first-order chi connectivity index (χ1) is 13.7. The number of hydrogen-bond donors (Lipinski definition) is 2. The molecule has 1 amide bonds. The van der Waals surface area contributed by atoms with E-state index in [0.717, 1.165) is 32.5 Å². The molecule has 0 aromatic carbocycles. The lowest BCUT2D eigenvalue weighted by Gasteiger charge is -2.47. The molecule has 29 heavy (non-hydrogen) atoms. The van der Waals surface area contributed by atoms with Crippen LogP contribution in [0.15, 0.2) is 0 Å². The zero-order valence-electron chi connectivity index (χ0n) is 17.2. The molecule has 3 saturated heterocycles. The van der Waals surface area contributed by atoms with Crippen LogP contribution >= 0.6 is 11.9 Å². The smallest absolute Gasteiger partial charge is 0.381 e. The molecule has 3 aliphatic heterocycles. The van der Waals surface area contributed by atoms with Crippen LogP contribution in [0.3, 0.4) is 0 Å². The molecule has 3 heterocycles. The Morgan fingerprint density at radius 1 is 1.24 bits per heavy atom. The van der Waals surface area contributed by atoms with E-state index >= 15 is 0 Å². The van der Waals surface area contributed by atoms with Gasteiger partial charge in [-0.1, -0.05) is 11.9 Å². The van der Waals surface area contributed by atoms with Gasteiger partial charge < -0.3 is 14.5 Å². The molecule has 0 radical (unpaired) electrons. The van der Waals surface area contributed by atoms with Crippen molar-refractivity contribution in [2.45, 2.75) is 68.6 Å². The van der Waals surface area contributed by atoms with Gasteiger partial charge in [-0.05, 0) is 32.1 Å². The molecule has 1 saturated carbocycles. The van der Waals surface area contributed by atoms with E-state index in [2.05, 4.69) is 10.0 Å². The summed E-state index contributed by atoms with van der Waals surface area (Å²) in [6.45, 7) is 4.21. The Bertz CT molecular complexity index is 612. The summed E-state index contributed by atoms with van der Waals surface area (Å²) in [5.41, 5.74) is 0. The van der Waals surface area contributed by atoms with Crippen LogP contribution in [-0.2, 0) is 9.53 Å². The lowest BCUT2D eigenvalue weighted by atomic mass is 9.82. The lowest BCUT2D eigenvalue weighted by molar-refractivity contribution is -0.948. The van der Waals surface area contributed by atoms with Crippen LogP contribution in [0, 0.1) is 17.8 Å². The number of rotatable bonds is 5. The largest absolute Gasteiger partial charge is 0.441 e. The van der Waals surface area contributed by atoms with Crippen molar-refractivity contribution in [3.8, 4) is 0 Å². The van der Waals surface area contributed by atoms with Gasteiger partial charge in [0.1, 0.15) is 5.25 Å². The fraction of sp³-hybridized carbons (Fsp3) is 0.950. The van der Waals surface area contributed by atoms with Gasteiger partial charge in [-0.15, -0.1) is 0 Å². The van der Waals surface area contributed by atoms with Crippen LogP contribution in [-0.4, -0.2) is 73.3 Å². The minimum absolute atomic E-state index is 0.00403. The van der Waals surface area contributed by atoms with E-state index in [0.29, 0.717) is 31.3 Å². The topological polar surface area (TPSA) is 50.4 Å². The molecule has 4 aliphatic rings. The number of nitrogens with zero attached hydrogens (tertiary/aromatic N) is 1. The van der Waals surface area contributed by atoms with E-state index in [4.69, 9.17) is 4.74 Å². The summed E-state index contributed by atoms with van der Waals surface area (Å²) in [6.07, 6.45) is -0.375. The molecule has 0 aromatic heterocycles. The standard InChI is InChI=1S/C20H32F3N3O2S/c1-3-26(2)8-6-14(10-15(26)20(21,22)23)24-19(27)18-16(12-4-5-12)17(25-29-18)13-7-9-28-11-13/h12-18,25H,3-11H2,1-2H3/p+1/t13-,14?,15?,16?,17?,18?,26?/m1/s1. The lowest BCUT2D eigenvalue weighted by Crippen LogP contribution is -2.65. The first-order valence-corrected chi connectivity index (χ1v) is 11.8. The molecule has 6 unspecified atom stereocenters. The molecule has 9 heteroatoms. The van der Waals surface area contributed by atoms with Crippen molar-refractivity contribution in [2.75, 3.05) is 33.4 Å². The van der Waals surface area contributed by atoms with Gasteiger partial charge in [0.05, 0.1) is 26.7 Å². The maximum absolute atomic E-state index is 13.7. The SMILES string of the molecule is CC[N+]1(C)CCC(NC(=O)C2SNC([C@@H]3CCOC3)C2C2CC2)CC1C(F)(F)F. The summed E-state index contributed by atoms with van der Waals surface area (Å²) in [5.74, 6) is 1.15. The Morgan fingerprint density at radius 2 is 2.00 bits per heavy atom. The molecular weight excluding hydrogens is 403 g/mol. The third-order valence-corrected chi connectivity index (χ3v) is 8.88. The Hall–Kier alpha value is -0.510. The van der Waals surface area contributed by atoms with Crippen LogP contribution in [0.2, 0.25) is 0 Å². The van der Waals surface area contributed by atoms with Crippen molar-refractivity contribution in [1.29, 1.82) is 0 Å². The van der Waals surface area contributed by atoms with Gasteiger partial charge in [0.2, 0.25) is 5.91 Å². The van der Waals surface area contributed by atoms with E-state index in [1.165, 1.54) is 11.9 Å². The number of amides is 1. The number of halogens is 3. The Balaban J connectivity index is 1.41. The molecule has 4 fully saturated rings. The first kappa shape index (κ1) is 21.7. The van der Waals surface area contributed by atoms with E-state index in [1.54, 1.807) is 7.05 Å².